The van der Waals surface area contributed by atoms with Gasteiger partial charge < -0.3 is 9.80 Å². The molecule has 1 aromatic carbocycles. The van der Waals surface area contributed by atoms with Gasteiger partial charge in [0.05, 0.1) is 16.8 Å². The molecular weight excluding hydrogens is 371 g/mol. The maximum absolute atomic E-state index is 13.3. The van der Waals surface area contributed by atoms with E-state index in [0.717, 1.165) is 48.5 Å². The number of aryl methyl sites for hydroxylation is 2. The highest BCUT2D eigenvalue weighted by Crippen LogP contribution is 2.33. The van der Waals surface area contributed by atoms with Crippen molar-refractivity contribution >= 4 is 22.8 Å². The molecule has 0 radical (unpaired) electrons. The molecule has 0 unspecified atom stereocenters. The molecule has 3 heterocycles. The van der Waals surface area contributed by atoms with Crippen LogP contribution in [0.3, 0.4) is 0 Å². The summed E-state index contributed by atoms with van der Waals surface area (Å²) in [4.78, 5) is 25.9. The fraction of sp³-hybridized carbons (Fsp3) is 0.429. The third kappa shape index (κ3) is 3.22. The van der Waals surface area contributed by atoms with E-state index in [1.807, 2.05) is 18.7 Å². The summed E-state index contributed by atoms with van der Waals surface area (Å²) >= 11 is 0. The second-order valence-corrected chi connectivity index (χ2v) is 7.85. The third-order valence-corrected chi connectivity index (χ3v) is 5.68. The Balaban J connectivity index is 1.50. The summed E-state index contributed by atoms with van der Waals surface area (Å²) in [6, 6.07) is 6.23. The number of hydrogen-bond acceptors (Lipinski definition) is 5. The van der Waals surface area contributed by atoms with Crippen molar-refractivity contribution in [3.8, 4) is 5.69 Å². The molecule has 1 saturated carbocycles. The number of carbonyl (C=O) groups is 1. The molecule has 29 heavy (non-hydrogen) atoms. The molecule has 5 rings (SSSR count). The predicted molar refractivity (Wildman–Crippen MR) is 108 cm³/mol. The van der Waals surface area contributed by atoms with Gasteiger partial charge in [-0.1, -0.05) is 0 Å². The van der Waals surface area contributed by atoms with E-state index in [1.54, 1.807) is 16.8 Å². The number of fused-ring (bicyclic) bond motifs is 1. The van der Waals surface area contributed by atoms with E-state index in [0.29, 0.717) is 30.5 Å². The molecule has 1 saturated heterocycles. The smallest absolute Gasteiger partial charge is 0.225 e. The van der Waals surface area contributed by atoms with Gasteiger partial charge in [0.2, 0.25) is 5.91 Å². The molecule has 1 aliphatic heterocycles. The van der Waals surface area contributed by atoms with Crippen LogP contribution >= 0.6 is 0 Å². The van der Waals surface area contributed by atoms with Gasteiger partial charge in [-0.3, -0.25) is 4.79 Å². The molecular formula is C21H23FN6O. The van der Waals surface area contributed by atoms with Crippen LogP contribution in [-0.4, -0.2) is 56.7 Å². The highest BCUT2D eigenvalue weighted by molar-refractivity contribution is 5.91. The molecule has 3 aromatic rings. The number of benzene rings is 1. The van der Waals surface area contributed by atoms with Gasteiger partial charge in [0, 0.05) is 32.1 Å². The van der Waals surface area contributed by atoms with Gasteiger partial charge in [0.15, 0.2) is 5.65 Å². The lowest BCUT2D eigenvalue weighted by molar-refractivity contribution is -0.132. The lowest BCUT2D eigenvalue weighted by Crippen LogP contribution is -2.49. The monoisotopic (exact) mass is 394 g/mol. The first-order valence-corrected chi connectivity index (χ1v) is 10.0. The zero-order valence-corrected chi connectivity index (χ0v) is 16.6. The lowest BCUT2D eigenvalue weighted by Gasteiger charge is -2.35. The van der Waals surface area contributed by atoms with Crippen molar-refractivity contribution in [1.29, 1.82) is 0 Å². The number of nitrogens with zero attached hydrogens (tertiary/aromatic N) is 6. The van der Waals surface area contributed by atoms with Crippen LogP contribution in [0.25, 0.3) is 16.7 Å². The van der Waals surface area contributed by atoms with E-state index in [-0.39, 0.29) is 11.7 Å². The normalized spacial score (nSPS) is 17.2. The first kappa shape index (κ1) is 18.0. The maximum Gasteiger partial charge on any atom is 0.225 e. The first-order valence-electron chi connectivity index (χ1n) is 10.0. The molecule has 0 bridgehead atoms. The van der Waals surface area contributed by atoms with Gasteiger partial charge in [0.1, 0.15) is 17.5 Å². The standard InChI is InChI=1S/C21H23FN6O/c1-13-18-19(26-9-11-27(12-10-26)21(29)15-3-4-15)23-14(2)24-20(18)28(25-13)17-7-5-16(22)6-8-17/h5-8,15H,3-4,9-12H2,1-2H3. The molecule has 2 aromatic heterocycles. The van der Waals surface area contributed by atoms with Gasteiger partial charge in [0.25, 0.3) is 0 Å². The zero-order valence-electron chi connectivity index (χ0n) is 16.6. The molecule has 0 N–H and O–H groups in total. The minimum atomic E-state index is -0.285. The van der Waals surface area contributed by atoms with E-state index in [4.69, 9.17) is 4.98 Å². The molecule has 2 fully saturated rings. The Morgan fingerprint density at radius 3 is 2.38 bits per heavy atom. The van der Waals surface area contributed by atoms with Crippen LogP contribution in [0, 0.1) is 25.6 Å². The van der Waals surface area contributed by atoms with Crippen LogP contribution in [0.1, 0.15) is 24.4 Å². The van der Waals surface area contributed by atoms with E-state index in [9.17, 15) is 9.18 Å². The van der Waals surface area contributed by atoms with E-state index >= 15 is 0 Å². The van der Waals surface area contributed by atoms with Crippen LogP contribution < -0.4 is 4.90 Å². The Bertz CT molecular complexity index is 1080. The predicted octanol–water partition coefficient (Wildman–Crippen LogP) is 2.63. The molecule has 1 amide bonds. The van der Waals surface area contributed by atoms with Gasteiger partial charge in [-0.05, 0) is 51.0 Å². The van der Waals surface area contributed by atoms with Gasteiger partial charge in [-0.2, -0.15) is 5.10 Å². The highest BCUT2D eigenvalue weighted by atomic mass is 19.1. The quantitative estimate of drug-likeness (QED) is 0.683. The Morgan fingerprint density at radius 2 is 1.72 bits per heavy atom. The van der Waals surface area contributed by atoms with Crippen molar-refractivity contribution < 1.29 is 9.18 Å². The molecule has 0 spiro atoms. The van der Waals surface area contributed by atoms with Crippen molar-refractivity contribution in [2.75, 3.05) is 31.1 Å². The summed E-state index contributed by atoms with van der Waals surface area (Å²) in [5, 5.41) is 5.57. The lowest BCUT2D eigenvalue weighted by atomic mass is 10.2. The minimum absolute atomic E-state index is 0.255. The second-order valence-electron chi connectivity index (χ2n) is 7.85. The van der Waals surface area contributed by atoms with Crippen LogP contribution in [0.5, 0.6) is 0 Å². The van der Waals surface area contributed by atoms with Crippen molar-refractivity contribution in [3.05, 3.63) is 41.6 Å². The fourth-order valence-corrected chi connectivity index (χ4v) is 3.99. The maximum atomic E-state index is 13.3. The summed E-state index contributed by atoms with van der Waals surface area (Å²) < 4.78 is 15.1. The Morgan fingerprint density at radius 1 is 1.03 bits per heavy atom. The van der Waals surface area contributed by atoms with Crippen LogP contribution in [0.15, 0.2) is 24.3 Å². The summed E-state index contributed by atoms with van der Waals surface area (Å²) in [7, 11) is 0. The largest absolute Gasteiger partial charge is 0.352 e. The van der Waals surface area contributed by atoms with Crippen molar-refractivity contribution in [1.82, 2.24) is 24.6 Å². The number of hydrogen-bond donors (Lipinski definition) is 0. The molecule has 7 nitrogen and oxygen atoms in total. The summed E-state index contributed by atoms with van der Waals surface area (Å²) in [5.74, 6) is 1.79. The summed E-state index contributed by atoms with van der Waals surface area (Å²) in [6.07, 6.45) is 2.07. The Hall–Kier alpha value is -3.03. The SMILES string of the molecule is Cc1nc(N2CCN(C(=O)C3CC3)CC2)c2c(C)nn(-c3ccc(F)cc3)c2n1. The van der Waals surface area contributed by atoms with E-state index in [1.165, 1.54) is 12.1 Å². The van der Waals surface area contributed by atoms with E-state index < -0.39 is 0 Å². The third-order valence-electron chi connectivity index (χ3n) is 5.68. The van der Waals surface area contributed by atoms with Gasteiger partial charge in [-0.15, -0.1) is 0 Å². The molecule has 150 valence electrons. The average Bonchev–Trinajstić information content (AvgIpc) is 3.52. The number of carbonyl (C=O) groups excluding carboxylic acids is 1. The topological polar surface area (TPSA) is 67.2 Å². The highest BCUT2D eigenvalue weighted by Gasteiger charge is 2.35. The number of halogens is 1. The zero-order chi connectivity index (χ0) is 20.1. The number of aromatic nitrogens is 4. The first-order chi connectivity index (χ1) is 14.0. The minimum Gasteiger partial charge on any atom is -0.352 e. The van der Waals surface area contributed by atoms with Crippen molar-refractivity contribution in [2.45, 2.75) is 26.7 Å². The number of anilines is 1. The summed E-state index contributed by atoms with van der Waals surface area (Å²) in [6.45, 7) is 6.72. The Labute approximate surface area is 168 Å². The van der Waals surface area contributed by atoms with Crippen molar-refractivity contribution in [3.63, 3.8) is 0 Å². The van der Waals surface area contributed by atoms with E-state index in [2.05, 4.69) is 15.0 Å². The average molecular weight is 394 g/mol. The molecule has 8 heteroatoms. The molecule has 2 aliphatic rings. The number of piperazine rings is 1. The number of amides is 1. The van der Waals surface area contributed by atoms with Crippen LogP contribution in [0.2, 0.25) is 0 Å². The van der Waals surface area contributed by atoms with Crippen LogP contribution in [-0.2, 0) is 4.79 Å². The van der Waals surface area contributed by atoms with Crippen LogP contribution in [0.4, 0.5) is 10.2 Å². The Kier molecular flexibility index (Phi) is 4.22. The summed E-state index contributed by atoms with van der Waals surface area (Å²) in [5.41, 5.74) is 2.30. The number of rotatable bonds is 3. The molecule has 0 atom stereocenters. The van der Waals surface area contributed by atoms with Crippen molar-refractivity contribution in [2.24, 2.45) is 5.92 Å². The van der Waals surface area contributed by atoms with Gasteiger partial charge >= 0.3 is 0 Å². The fourth-order valence-electron chi connectivity index (χ4n) is 3.99. The van der Waals surface area contributed by atoms with Gasteiger partial charge in [-0.25, -0.2) is 19.0 Å². The second kappa shape index (κ2) is 6.79. The molecule has 1 aliphatic carbocycles.